The highest BCUT2D eigenvalue weighted by atomic mass is 127. The minimum atomic E-state index is 0. The molecular weight excluding hydrogens is 493 g/mol. The summed E-state index contributed by atoms with van der Waals surface area (Å²) < 4.78 is 0. The molecule has 0 spiro atoms. The van der Waals surface area contributed by atoms with E-state index in [1.807, 2.05) is 38.4 Å². The molecule has 0 atom stereocenters. The van der Waals surface area contributed by atoms with Gasteiger partial charge in [0, 0.05) is 47.6 Å². The Balaban J connectivity index is 0.00000261. The fourth-order valence-corrected chi connectivity index (χ4v) is 3.68. The molecule has 0 radical (unpaired) electrons. The molecule has 0 amide bonds. The molecule has 1 aromatic carbocycles. The van der Waals surface area contributed by atoms with Crippen molar-refractivity contribution in [2.75, 3.05) is 20.1 Å². The van der Waals surface area contributed by atoms with Crippen LogP contribution in [0.5, 0.6) is 0 Å². The highest BCUT2D eigenvalue weighted by Gasteiger charge is 2.09. The molecule has 2 aromatic heterocycles. The SMILES string of the molecule is CCNC(=NCCc1c[nH]c2ccc(Cl)cc12)N(C)Cc1csc(C)n1.I. The van der Waals surface area contributed by atoms with Gasteiger partial charge in [0.05, 0.1) is 17.2 Å². The minimum absolute atomic E-state index is 0. The van der Waals surface area contributed by atoms with Crippen molar-refractivity contribution in [2.24, 2.45) is 4.99 Å². The smallest absolute Gasteiger partial charge is 0.194 e. The van der Waals surface area contributed by atoms with E-state index in [9.17, 15) is 0 Å². The van der Waals surface area contributed by atoms with Crippen molar-refractivity contribution in [2.45, 2.75) is 26.8 Å². The van der Waals surface area contributed by atoms with Gasteiger partial charge in [-0.1, -0.05) is 11.6 Å². The minimum Gasteiger partial charge on any atom is -0.361 e. The van der Waals surface area contributed by atoms with Crippen LogP contribution in [0.4, 0.5) is 0 Å². The number of benzene rings is 1. The molecule has 2 N–H and O–H groups in total. The van der Waals surface area contributed by atoms with Crippen molar-refractivity contribution in [1.82, 2.24) is 20.2 Å². The van der Waals surface area contributed by atoms with Crippen molar-refractivity contribution in [3.8, 4) is 0 Å². The average molecular weight is 518 g/mol. The summed E-state index contributed by atoms with van der Waals surface area (Å²) >= 11 is 7.81. The first kappa shape index (κ1) is 22.0. The molecule has 0 fully saturated rings. The number of guanidine groups is 1. The van der Waals surface area contributed by atoms with Gasteiger partial charge in [-0.3, -0.25) is 4.99 Å². The number of aromatic nitrogens is 2. The largest absolute Gasteiger partial charge is 0.361 e. The predicted molar refractivity (Wildman–Crippen MR) is 127 cm³/mol. The van der Waals surface area contributed by atoms with Crippen LogP contribution in [0.15, 0.2) is 34.8 Å². The first-order valence-corrected chi connectivity index (χ1v) is 9.98. The zero-order chi connectivity index (χ0) is 18.5. The highest BCUT2D eigenvalue weighted by molar-refractivity contribution is 14.0. The average Bonchev–Trinajstić information content (AvgIpc) is 3.20. The van der Waals surface area contributed by atoms with Crippen LogP contribution >= 0.6 is 46.9 Å². The quantitative estimate of drug-likeness (QED) is 0.279. The molecule has 5 nitrogen and oxygen atoms in total. The number of fused-ring (bicyclic) bond motifs is 1. The number of nitrogens with one attached hydrogen (secondary N) is 2. The fourth-order valence-electron chi connectivity index (χ4n) is 2.91. The summed E-state index contributed by atoms with van der Waals surface area (Å²) in [6.45, 7) is 6.40. The summed E-state index contributed by atoms with van der Waals surface area (Å²) in [5.41, 5.74) is 3.42. The van der Waals surface area contributed by atoms with Crippen LogP contribution in [0.3, 0.4) is 0 Å². The number of thiazole rings is 1. The van der Waals surface area contributed by atoms with E-state index in [1.54, 1.807) is 11.3 Å². The van der Waals surface area contributed by atoms with Gasteiger partial charge >= 0.3 is 0 Å². The number of hydrogen-bond acceptors (Lipinski definition) is 3. The Morgan fingerprint density at radius 1 is 1.41 bits per heavy atom. The van der Waals surface area contributed by atoms with Crippen LogP contribution in [0, 0.1) is 6.92 Å². The summed E-state index contributed by atoms with van der Waals surface area (Å²) in [6, 6.07) is 5.92. The van der Waals surface area contributed by atoms with E-state index in [0.29, 0.717) is 6.54 Å². The predicted octanol–water partition coefficient (Wildman–Crippen LogP) is 4.84. The molecule has 3 rings (SSSR count). The lowest BCUT2D eigenvalue weighted by Gasteiger charge is -2.21. The Morgan fingerprint density at radius 3 is 2.93 bits per heavy atom. The lowest BCUT2D eigenvalue weighted by molar-refractivity contribution is 0.471. The molecule has 27 heavy (non-hydrogen) atoms. The van der Waals surface area contributed by atoms with Crippen LogP contribution in [-0.2, 0) is 13.0 Å². The van der Waals surface area contributed by atoms with Gasteiger partial charge in [0.1, 0.15) is 0 Å². The van der Waals surface area contributed by atoms with Gasteiger partial charge in [0.25, 0.3) is 0 Å². The molecule has 0 aliphatic heterocycles. The molecule has 0 saturated carbocycles. The molecule has 3 aromatic rings. The summed E-state index contributed by atoms with van der Waals surface area (Å²) in [5, 5.41) is 8.48. The van der Waals surface area contributed by atoms with Gasteiger partial charge in [0.2, 0.25) is 0 Å². The first-order valence-electron chi connectivity index (χ1n) is 8.72. The monoisotopic (exact) mass is 517 g/mol. The van der Waals surface area contributed by atoms with Crippen molar-refractivity contribution >= 4 is 63.8 Å². The fraction of sp³-hybridized carbons (Fsp3) is 0.368. The Morgan fingerprint density at radius 2 is 2.22 bits per heavy atom. The summed E-state index contributed by atoms with van der Waals surface area (Å²) in [4.78, 5) is 14.7. The molecule has 2 heterocycles. The van der Waals surface area contributed by atoms with E-state index in [1.165, 1.54) is 10.9 Å². The number of aromatic amines is 1. The maximum Gasteiger partial charge on any atom is 0.194 e. The maximum absolute atomic E-state index is 6.13. The van der Waals surface area contributed by atoms with Gasteiger partial charge < -0.3 is 15.2 Å². The highest BCUT2D eigenvalue weighted by Crippen LogP contribution is 2.22. The standard InChI is InChI=1S/C19H24ClN5S.HI/c1-4-21-19(25(3)11-16-12-26-13(2)24-16)22-8-7-14-10-23-18-6-5-15(20)9-17(14)18;/h5-6,9-10,12,23H,4,7-8,11H2,1-3H3,(H,21,22);1H. The number of rotatable bonds is 6. The summed E-state index contributed by atoms with van der Waals surface area (Å²) in [5.74, 6) is 0.899. The molecule has 8 heteroatoms. The number of H-pyrrole nitrogens is 1. The van der Waals surface area contributed by atoms with Crippen LogP contribution in [0.2, 0.25) is 5.02 Å². The van der Waals surface area contributed by atoms with Gasteiger partial charge in [-0.25, -0.2) is 4.98 Å². The number of halogens is 2. The van der Waals surface area contributed by atoms with E-state index < -0.39 is 0 Å². The molecule has 146 valence electrons. The van der Waals surface area contributed by atoms with E-state index in [0.717, 1.165) is 46.7 Å². The molecule has 0 bridgehead atoms. The summed E-state index contributed by atoms with van der Waals surface area (Å²) in [6.07, 6.45) is 2.91. The van der Waals surface area contributed by atoms with E-state index >= 15 is 0 Å². The molecular formula is C19H25ClIN5S. The third-order valence-corrected chi connectivity index (χ3v) is 5.19. The van der Waals surface area contributed by atoms with Gasteiger partial charge in [-0.2, -0.15) is 0 Å². The molecule has 0 aliphatic carbocycles. The van der Waals surface area contributed by atoms with Gasteiger partial charge in [-0.05, 0) is 44.0 Å². The van der Waals surface area contributed by atoms with Gasteiger partial charge in [-0.15, -0.1) is 35.3 Å². The molecule has 0 aliphatic rings. The van der Waals surface area contributed by atoms with Crippen molar-refractivity contribution in [1.29, 1.82) is 0 Å². The van der Waals surface area contributed by atoms with Crippen molar-refractivity contribution < 1.29 is 0 Å². The Bertz CT molecular complexity index is 905. The number of hydrogen-bond donors (Lipinski definition) is 2. The lowest BCUT2D eigenvalue weighted by atomic mass is 10.1. The zero-order valence-corrected chi connectivity index (χ0v) is 19.7. The molecule has 0 saturated heterocycles. The second-order valence-corrected chi connectivity index (χ2v) is 7.70. The Hall–Kier alpha value is -1.32. The molecule has 0 unspecified atom stereocenters. The number of aryl methyl sites for hydroxylation is 1. The van der Waals surface area contributed by atoms with Gasteiger partial charge in [0.15, 0.2) is 5.96 Å². The zero-order valence-electron chi connectivity index (χ0n) is 15.8. The van der Waals surface area contributed by atoms with E-state index in [2.05, 4.69) is 32.5 Å². The number of aliphatic imine (C=N–C) groups is 1. The topological polar surface area (TPSA) is 56.3 Å². The Kier molecular flexibility index (Phi) is 8.37. The Labute approximate surface area is 186 Å². The first-order chi connectivity index (χ1) is 12.6. The third kappa shape index (κ3) is 5.83. The third-order valence-electron chi connectivity index (χ3n) is 4.13. The normalized spacial score (nSPS) is 11.5. The second kappa shape index (κ2) is 10.3. The van der Waals surface area contributed by atoms with Crippen LogP contribution < -0.4 is 5.32 Å². The van der Waals surface area contributed by atoms with Crippen LogP contribution in [0.25, 0.3) is 10.9 Å². The van der Waals surface area contributed by atoms with Crippen LogP contribution in [0.1, 0.15) is 23.2 Å². The number of nitrogens with zero attached hydrogens (tertiary/aromatic N) is 3. The van der Waals surface area contributed by atoms with E-state index in [4.69, 9.17) is 16.6 Å². The van der Waals surface area contributed by atoms with Crippen molar-refractivity contribution in [3.05, 3.63) is 51.1 Å². The van der Waals surface area contributed by atoms with Crippen LogP contribution in [-0.4, -0.2) is 41.0 Å². The maximum atomic E-state index is 6.13. The second-order valence-electron chi connectivity index (χ2n) is 6.20. The van der Waals surface area contributed by atoms with Crippen molar-refractivity contribution in [3.63, 3.8) is 0 Å². The lowest BCUT2D eigenvalue weighted by Crippen LogP contribution is -2.38. The summed E-state index contributed by atoms with van der Waals surface area (Å²) in [7, 11) is 2.04. The van der Waals surface area contributed by atoms with E-state index in [-0.39, 0.29) is 24.0 Å².